The number of hydrogen-bond donors (Lipinski definition) is 2. The van der Waals surface area contributed by atoms with Crippen molar-refractivity contribution < 1.29 is 17.6 Å². The van der Waals surface area contributed by atoms with Gasteiger partial charge >= 0.3 is 0 Å². The number of hydrogen-bond acceptors (Lipinski definition) is 5. The Hall–Kier alpha value is -3.62. The van der Waals surface area contributed by atoms with Crippen LogP contribution in [0.4, 0.5) is 5.69 Å². The number of anilines is 1. The van der Waals surface area contributed by atoms with Gasteiger partial charge < -0.3 is 9.73 Å². The fourth-order valence-electron chi connectivity index (χ4n) is 3.10. The van der Waals surface area contributed by atoms with Crippen LogP contribution in [0.25, 0.3) is 11.0 Å². The molecule has 33 heavy (non-hydrogen) atoms. The Morgan fingerprint density at radius 1 is 0.939 bits per heavy atom. The minimum absolute atomic E-state index is 0.0300. The van der Waals surface area contributed by atoms with Crippen LogP contribution in [-0.4, -0.2) is 14.3 Å². The Balaban J connectivity index is 1.74. The van der Waals surface area contributed by atoms with Gasteiger partial charge in [0.25, 0.3) is 15.9 Å². The van der Waals surface area contributed by atoms with E-state index in [1.165, 1.54) is 24.3 Å². The number of benzene rings is 3. The van der Waals surface area contributed by atoms with Crippen molar-refractivity contribution in [2.45, 2.75) is 18.7 Å². The largest absolute Gasteiger partial charge is 0.436 e. The maximum absolute atomic E-state index is 13.1. The zero-order chi connectivity index (χ0) is 23.6. The van der Waals surface area contributed by atoms with Gasteiger partial charge in [0.05, 0.1) is 4.90 Å². The van der Waals surface area contributed by atoms with E-state index in [2.05, 4.69) is 15.2 Å². The molecule has 0 bridgehead atoms. The van der Waals surface area contributed by atoms with E-state index in [4.69, 9.17) is 16.0 Å². The normalized spacial score (nSPS) is 12.0. The van der Waals surface area contributed by atoms with Crippen molar-refractivity contribution >= 4 is 44.2 Å². The second kappa shape index (κ2) is 9.09. The van der Waals surface area contributed by atoms with E-state index < -0.39 is 15.9 Å². The summed E-state index contributed by atoms with van der Waals surface area (Å²) in [5.74, 6) is -0.489. The van der Waals surface area contributed by atoms with E-state index in [0.717, 1.165) is 11.1 Å². The molecule has 1 amide bonds. The number of amides is 1. The lowest BCUT2D eigenvalue weighted by Gasteiger charge is -2.09. The van der Waals surface area contributed by atoms with Crippen molar-refractivity contribution in [3.05, 3.63) is 100 Å². The summed E-state index contributed by atoms with van der Waals surface area (Å²) < 4.78 is 31.0. The van der Waals surface area contributed by atoms with E-state index >= 15 is 0 Å². The third-order valence-corrected chi connectivity index (χ3v) is 6.53. The Bertz CT molecular complexity index is 1530. The van der Waals surface area contributed by atoms with E-state index in [9.17, 15) is 13.2 Å². The van der Waals surface area contributed by atoms with Gasteiger partial charge in [0.1, 0.15) is 11.1 Å². The summed E-state index contributed by atoms with van der Waals surface area (Å²) in [7, 11) is -4.01. The summed E-state index contributed by atoms with van der Waals surface area (Å²) in [6.45, 7) is 3.93. The third kappa shape index (κ3) is 5.08. The molecule has 168 valence electrons. The van der Waals surface area contributed by atoms with Crippen molar-refractivity contribution in [3.63, 3.8) is 0 Å². The number of halogens is 1. The highest BCUT2D eigenvalue weighted by Gasteiger charge is 2.16. The molecule has 4 aromatic rings. The third-order valence-electron chi connectivity index (χ3n) is 5.06. The molecule has 0 saturated carbocycles. The van der Waals surface area contributed by atoms with Crippen LogP contribution in [0.1, 0.15) is 21.5 Å². The van der Waals surface area contributed by atoms with Crippen molar-refractivity contribution in [3.8, 4) is 0 Å². The molecule has 0 aliphatic rings. The van der Waals surface area contributed by atoms with Gasteiger partial charge in [-0.05, 0) is 73.5 Å². The number of aryl methyl sites for hydroxylation is 2. The highest BCUT2D eigenvalue weighted by molar-refractivity contribution is 7.89. The number of para-hydroxylation sites is 1. The molecule has 1 heterocycles. The summed E-state index contributed by atoms with van der Waals surface area (Å²) in [6.07, 6.45) is 0. The minimum atomic E-state index is -4.01. The van der Waals surface area contributed by atoms with Gasteiger partial charge in [0.15, 0.2) is 0 Å². The Kier molecular flexibility index (Phi) is 6.22. The molecule has 0 fully saturated rings. The lowest BCUT2D eigenvalue weighted by atomic mass is 10.1. The monoisotopic (exact) mass is 481 g/mol. The molecule has 9 heteroatoms. The molecule has 0 saturated heterocycles. The molecule has 0 radical (unpaired) electrons. The highest BCUT2D eigenvalue weighted by Crippen LogP contribution is 2.17. The predicted molar refractivity (Wildman–Crippen MR) is 127 cm³/mol. The lowest BCUT2D eigenvalue weighted by molar-refractivity contribution is 0.102. The summed E-state index contributed by atoms with van der Waals surface area (Å²) in [5.41, 5.74) is 3.07. The van der Waals surface area contributed by atoms with Gasteiger partial charge in [-0.2, -0.15) is 13.2 Å². The lowest BCUT2D eigenvalue weighted by Crippen LogP contribution is -2.27. The maximum atomic E-state index is 13.1. The quantitative estimate of drug-likeness (QED) is 0.402. The van der Waals surface area contributed by atoms with E-state index in [-0.39, 0.29) is 16.0 Å². The van der Waals surface area contributed by atoms with Crippen LogP contribution in [0.15, 0.2) is 87.2 Å². The zero-order valence-corrected chi connectivity index (χ0v) is 19.4. The molecule has 0 spiro atoms. The van der Waals surface area contributed by atoms with Crippen LogP contribution in [0.3, 0.4) is 0 Å². The average molecular weight is 482 g/mol. The molecule has 0 unspecified atom stereocenters. The smallest absolute Gasteiger partial charge is 0.276 e. The number of fused-ring (bicyclic) bond motifs is 1. The fraction of sp³-hybridized carbons (Fsp3) is 0.0833. The Labute approximate surface area is 195 Å². The SMILES string of the molecule is Cc1ccc(NC(=O)c2cc3ccccc3o/c2=N\NS(=O)(=O)c2ccc(Cl)cc2)cc1C. The van der Waals surface area contributed by atoms with Crippen LogP contribution < -0.4 is 15.7 Å². The van der Waals surface area contributed by atoms with Gasteiger partial charge in [-0.1, -0.05) is 35.9 Å². The predicted octanol–water partition coefficient (Wildman–Crippen LogP) is 4.75. The fourth-order valence-corrected chi connectivity index (χ4v) is 4.03. The molecule has 1 aromatic heterocycles. The van der Waals surface area contributed by atoms with Crippen molar-refractivity contribution in [1.82, 2.24) is 4.83 Å². The molecule has 0 atom stereocenters. The first-order chi connectivity index (χ1) is 15.7. The number of rotatable bonds is 5. The van der Waals surface area contributed by atoms with Crippen LogP contribution >= 0.6 is 11.6 Å². The first-order valence-electron chi connectivity index (χ1n) is 9.95. The number of nitrogens with one attached hydrogen (secondary N) is 2. The highest BCUT2D eigenvalue weighted by atomic mass is 35.5. The molecule has 3 aromatic carbocycles. The molecule has 0 aliphatic heterocycles. The van der Waals surface area contributed by atoms with Crippen molar-refractivity contribution in [2.75, 3.05) is 5.32 Å². The van der Waals surface area contributed by atoms with Gasteiger partial charge in [-0.25, -0.2) is 0 Å². The first kappa shape index (κ1) is 22.6. The molecular formula is C24H20ClN3O4S. The van der Waals surface area contributed by atoms with Gasteiger partial charge in [-0.3, -0.25) is 4.79 Å². The number of nitrogens with zero attached hydrogens (tertiary/aromatic N) is 1. The van der Waals surface area contributed by atoms with Crippen LogP contribution in [0, 0.1) is 13.8 Å². The van der Waals surface area contributed by atoms with E-state index in [0.29, 0.717) is 21.7 Å². The number of sulfonamides is 1. The minimum Gasteiger partial charge on any atom is -0.436 e. The number of carbonyl (C=O) groups is 1. The van der Waals surface area contributed by atoms with Crippen LogP contribution in [-0.2, 0) is 10.0 Å². The second-order valence-corrected chi connectivity index (χ2v) is 9.51. The van der Waals surface area contributed by atoms with E-state index in [1.54, 1.807) is 30.3 Å². The standard InChI is InChI=1S/C24H20ClN3O4S/c1-15-7-10-19(13-16(15)2)26-23(29)21-14-17-5-3-4-6-22(17)32-24(21)27-28-33(30,31)20-11-8-18(25)9-12-20/h3-14,28H,1-2H3,(H,26,29)/b27-24-. The number of carbonyl (C=O) groups excluding carboxylic acids is 1. The Morgan fingerprint density at radius 2 is 1.67 bits per heavy atom. The molecule has 0 aliphatic carbocycles. The molecule has 7 nitrogen and oxygen atoms in total. The second-order valence-electron chi connectivity index (χ2n) is 7.42. The van der Waals surface area contributed by atoms with E-state index in [1.807, 2.05) is 32.0 Å². The first-order valence-corrected chi connectivity index (χ1v) is 11.8. The summed E-state index contributed by atoms with van der Waals surface area (Å²) in [6, 6.07) is 19.8. The van der Waals surface area contributed by atoms with Gasteiger partial charge in [-0.15, -0.1) is 5.10 Å². The average Bonchev–Trinajstić information content (AvgIpc) is 2.80. The zero-order valence-electron chi connectivity index (χ0n) is 17.8. The van der Waals surface area contributed by atoms with Gasteiger partial charge in [0.2, 0.25) is 5.55 Å². The molecule has 4 rings (SSSR count). The molecule has 2 N–H and O–H groups in total. The van der Waals surface area contributed by atoms with Crippen LogP contribution in [0.2, 0.25) is 5.02 Å². The Morgan fingerprint density at radius 3 is 2.39 bits per heavy atom. The summed E-state index contributed by atoms with van der Waals surface area (Å²) in [5, 5.41) is 7.81. The topological polar surface area (TPSA) is 101 Å². The van der Waals surface area contributed by atoms with Crippen molar-refractivity contribution in [1.29, 1.82) is 0 Å². The van der Waals surface area contributed by atoms with Crippen LogP contribution in [0.5, 0.6) is 0 Å². The van der Waals surface area contributed by atoms with Crippen molar-refractivity contribution in [2.24, 2.45) is 5.10 Å². The summed E-state index contributed by atoms with van der Waals surface area (Å²) >= 11 is 5.83. The molecular weight excluding hydrogens is 462 g/mol. The summed E-state index contributed by atoms with van der Waals surface area (Å²) in [4.78, 5) is 15.2. The van der Waals surface area contributed by atoms with Gasteiger partial charge in [0, 0.05) is 16.1 Å². The maximum Gasteiger partial charge on any atom is 0.276 e.